The molecular formula is C10H11BrN4O3. The number of aromatic nitrogens is 4. The topological polar surface area (TPSA) is 94.0 Å². The van der Waals surface area contributed by atoms with Crippen molar-refractivity contribution in [3.8, 4) is 11.4 Å². The fourth-order valence-electron chi connectivity index (χ4n) is 1.52. The van der Waals surface area contributed by atoms with Gasteiger partial charge in [-0.15, -0.1) is 5.10 Å². The van der Waals surface area contributed by atoms with Gasteiger partial charge in [0.25, 0.3) is 0 Å². The first-order valence-corrected chi connectivity index (χ1v) is 6.05. The normalized spacial score (nSPS) is 14.4. The molecule has 0 saturated heterocycles. The molecule has 0 spiro atoms. The molecule has 2 aromatic rings. The summed E-state index contributed by atoms with van der Waals surface area (Å²) in [6.07, 6.45) is 1.50. The lowest BCUT2D eigenvalue weighted by atomic mass is 10.0. The maximum absolute atomic E-state index is 11.0. The van der Waals surface area contributed by atoms with Gasteiger partial charge in [0.05, 0.1) is 23.8 Å². The molecule has 0 radical (unpaired) electrons. The van der Waals surface area contributed by atoms with Crippen LogP contribution in [0.2, 0.25) is 0 Å². The summed E-state index contributed by atoms with van der Waals surface area (Å²) in [6, 6.07) is 1.35. The van der Waals surface area contributed by atoms with Crippen molar-refractivity contribution in [3.63, 3.8) is 0 Å². The molecule has 2 aromatic heterocycles. The highest BCUT2D eigenvalue weighted by Crippen LogP contribution is 2.29. The Morgan fingerprint density at radius 2 is 2.28 bits per heavy atom. The number of carboxylic acids is 1. The molecule has 0 fully saturated rings. The molecule has 2 heterocycles. The summed E-state index contributed by atoms with van der Waals surface area (Å²) in [6.45, 7) is 3.37. The van der Waals surface area contributed by atoms with Gasteiger partial charge >= 0.3 is 5.97 Å². The summed E-state index contributed by atoms with van der Waals surface area (Å²) < 4.78 is 7.11. The highest BCUT2D eigenvalue weighted by Gasteiger charge is 2.26. The third-order valence-electron chi connectivity index (χ3n) is 2.85. The van der Waals surface area contributed by atoms with Crippen molar-refractivity contribution in [2.75, 3.05) is 0 Å². The quantitative estimate of drug-likeness (QED) is 0.927. The SMILES string of the molecule is CC(C(=O)O)C(C)n1nnnc1-c1ccoc1Br. The number of furan rings is 1. The second-order valence-corrected chi connectivity index (χ2v) is 4.64. The summed E-state index contributed by atoms with van der Waals surface area (Å²) in [4.78, 5) is 11.0. The third-order valence-corrected chi connectivity index (χ3v) is 3.46. The van der Waals surface area contributed by atoms with E-state index in [4.69, 9.17) is 9.52 Å². The van der Waals surface area contributed by atoms with E-state index < -0.39 is 11.9 Å². The number of carboxylic acid groups (broad SMARTS) is 1. The first-order valence-electron chi connectivity index (χ1n) is 5.26. The smallest absolute Gasteiger partial charge is 0.308 e. The molecule has 8 heteroatoms. The molecule has 0 aliphatic carbocycles. The summed E-state index contributed by atoms with van der Waals surface area (Å²) in [5, 5.41) is 20.4. The Bertz CT molecular complexity index is 565. The van der Waals surface area contributed by atoms with Gasteiger partial charge in [0.15, 0.2) is 10.5 Å². The van der Waals surface area contributed by atoms with E-state index in [9.17, 15) is 4.79 Å². The van der Waals surface area contributed by atoms with Crippen LogP contribution >= 0.6 is 15.9 Å². The van der Waals surface area contributed by atoms with E-state index in [-0.39, 0.29) is 6.04 Å². The molecule has 96 valence electrons. The number of halogens is 1. The van der Waals surface area contributed by atoms with E-state index in [2.05, 4.69) is 31.5 Å². The first-order chi connectivity index (χ1) is 8.52. The molecule has 1 N–H and O–H groups in total. The average Bonchev–Trinajstić information content (AvgIpc) is 2.94. The maximum atomic E-state index is 11.0. The molecule has 7 nitrogen and oxygen atoms in total. The highest BCUT2D eigenvalue weighted by atomic mass is 79.9. The lowest BCUT2D eigenvalue weighted by Crippen LogP contribution is -2.23. The van der Waals surface area contributed by atoms with Crippen LogP contribution in [0.15, 0.2) is 21.4 Å². The van der Waals surface area contributed by atoms with Crippen LogP contribution in [0.3, 0.4) is 0 Å². The molecular weight excluding hydrogens is 304 g/mol. The van der Waals surface area contributed by atoms with E-state index in [0.29, 0.717) is 16.1 Å². The van der Waals surface area contributed by atoms with E-state index >= 15 is 0 Å². The first kappa shape index (κ1) is 12.7. The molecule has 2 rings (SSSR count). The zero-order chi connectivity index (χ0) is 13.3. The van der Waals surface area contributed by atoms with Crippen molar-refractivity contribution < 1.29 is 14.3 Å². The molecule has 18 heavy (non-hydrogen) atoms. The van der Waals surface area contributed by atoms with Crippen LogP contribution in [0.1, 0.15) is 19.9 Å². The molecule has 0 aliphatic heterocycles. The van der Waals surface area contributed by atoms with Crippen molar-refractivity contribution in [2.45, 2.75) is 19.9 Å². The second kappa shape index (κ2) is 4.89. The monoisotopic (exact) mass is 314 g/mol. The van der Waals surface area contributed by atoms with Gasteiger partial charge in [-0.2, -0.15) is 0 Å². The molecule has 0 aromatic carbocycles. The van der Waals surface area contributed by atoms with Crippen molar-refractivity contribution in [3.05, 3.63) is 17.0 Å². The van der Waals surface area contributed by atoms with Crippen LogP contribution in [0, 0.1) is 5.92 Å². The van der Waals surface area contributed by atoms with Crippen LogP contribution in [0.5, 0.6) is 0 Å². The summed E-state index contributed by atoms with van der Waals surface area (Å²) in [5.74, 6) is -1.02. The largest absolute Gasteiger partial charge is 0.481 e. The fraction of sp³-hybridized carbons (Fsp3) is 0.400. The van der Waals surface area contributed by atoms with Gasteiger partial charge in [-0.25, -0.2) is 4.68 Å². The fourth-order valence-corrected chi connectivity index (χ4v) is 1.93. The predicted octanol–water partition coefficient (Wildman–Crippen LogP) is 1.98. The lowest BCUT2D eigenvalue weighted by Gasteiger charge is -2.16. The van der Waals surface area contributed by atoms with Crippen LogP contribution in [-0.4, -0.2) is 31.3 Å². The number of tetrazole rings is 1. The van der Waals surface area contributed by atoms with Crippen LogP contribution in [0.25, 0.3) is 11.4 Å². The summed E-state index contributed by atoms with van der Waals surface area (Å²) in [5.41, 5.74) is 0.685. The molecule has 0 bridgehead atoms. The summed E-state index contributed by atoms with van der Waals surface area (Å²) >= 11 is 3.25. The Kier molecular flexibility index (Phi) is 3.46. The van der Waals surface area contributed by atoms with Crippen LogP contribution in [-0.2, 0) is 4.79 Å². The van der Waals surface area contributed by atoms with Gasteiger partial charge < -0.3 is 9.52 Å². The molecule has 2 unspecified atom stereocenters. The highest BCUT2D eigenvalue weighted by molar-refractivity contribution is 9.10. The Labute approximate surface area is 111 Å². The van der Waals surface area contributed by atoms with Gasteiger partial charge in [-0.3, -0.25) is 4.79 Å². The van der Waals surface area contributed by atoms with Gasteiger partial charge in [0.1, 0.15) is 0 Å². The number of nitrogens with zero attached hydrogens (tertiary/aromatic N) is 4. The zero-order valence-corrected chi connectivity index (χ0v) is 11.3. The molecule has 0 aliphatic rings. The maximum Gasteiger partial charge on any atom is 0.308 e. The van der Waals surface area contributed by atoms with Crippen molar-refractivity contribution in [1.29, 1.82) is 0 Å². The molecule has 0 saturated carbocycles. The number of hydrogen-bond acceptors (Lipinski definition) is 5. The zero-order valence-electron chi connectivity index (χ0n) is 9.74. The minimum Gasteiger partial charge on any atom is -0.481 e. The van der Waals surface area contributed by atoms with Crippen molar-refractivity contribution in [2.24, 2.45) is 5.92 Å². The van der Waals surface area contributed by atoms with Crippen molar-refractivity contribution >= 4 is 21.9 Å². The lowest BCUT2D eigenvalue weighted by molar-refractivity contribution is -0.142. The number of hydrogen-bond donors (Lipinski definition) is 1. The second-order valence-electron chi connectivity index (χ2n) is 3.92. The van der Waals surface area contributed by atoms with Gasteiger partial charge in [-0.1, -0.05) is 0 Å². The summed E-state index contributed by atoms with van der Waals surface area (Å²) in [7, 11) is 0. The number of carbonyl (C=O) groups is 1. The molecule has 2 atom stereocenters. The Morgan fingerprint density at radius 1 is 1.56 bits per heavy atom. The van der Waals surface area contributed by atoms with E-state index in [1.54, 1.807) is 19.9 Å². The van der Waals surface area contributed by atoms with Gasteiger partial charge in [0.2, 0.25) is 0 Å². The van der Waals surface area contributed by atoms with Gasteiger partial charge in [-0.05, 0) is 46.3 Å². The number of aliphatic carboxylic acids is 1. The van der Waals surface area contributed by atoms with Crippen LogP contribution < -0.4 is 0 Å². The Balaban J connectivity index is 2.40. The van der Waals surface area contributed by atoms with Crippen molar-refractivity contribution in [1.82, 2.24) is 20.2 Å². The van der Waals surface area contributed by atoms with E-state index in [1.807, 2.05) is 0 Å². The Hall–Kier alpha value is -1.70. The predicted molar refractivity (Wildman–Crippen MR) is 64.7 cm³/mol. The minimum atomic E-state index is -0.893. The third kappa shape index (κ3) is 2.15. The van der Waals surface area contributed by atoms with Crippen LogP contribution in [0.4, 0.5) is 0 Å². The van der Waals surface area contributed by atoms with E-state index in [1.165, 1.54) is 10.9 Å². The van der Waals surface area contributed by atoms with E-state index in [0.717, 1.165) is 0 Å². The standard InChI is InChI=1S/C10H11BrN4O3/c1-5(10(16)17)6(2)15-9(12-13-14-15)7-3-4-18-8(7)11/h3-6H,1-2H3,(H,16,17). The minimum absolute atomic E-state index is 0.366. The number of rotatable bonds is 4. The average molecular weight is 315 g/mol. The molecule has 0 amide bonds. The Morgan fingerprint density at radius 3 is 2.83 bits per heavy atom. The van der Waals surface area contributed by atoms with Gasteiger partial charge in [0, 0.05) is 0 Å².